The smallest absolute Gasteiger partial charge is 0.137 e. The summed E-state index contributed by atoms with van der Waals surface area (Å²) in [5.41, 5.74) is 7.70. The van der Waals surface area contributed by atoms with Crippen molar-refractivity contribution >= 4 is 17.2 Å². The second-order valence-electron chi connectivity index (χ2n) is 3.96. The molecule has 0 aliphatic heterocycles. The van der Waals surface area contributed by atoms with Crippen LogP contribution in [0.1, 0.15) is 18.1 Å². The number of aryl methyl sites for hydroxylation is 1. The first-order chi connectivity index (χ1) is 8.70. The van der Waals surface area contributed by atoms with Crippen LogP contribution in [0.5, 0.6) is 11.5 Å². The van der Waals surface area contributed by atoms with Crippen LogP contribution >= 0.6 is 12.2 Å². The Kier molecular flexibility index (Phi) is 3.95. The van der Waals surface area contributed by atoms with Crippen LogP contribution in [-0.4, -0.2) is 4.99 Å². The number of thiocarbonyl (C=S) groups is 1. The lowest BCUT2D eigenvalue weighted by atomic mass is 10.1. The summed E-state index contributed by atoms with van der Waals surface area (Å²) in [4.78, 5) is 0.343. The maximum atomic E-state index is 5.80. The molecule has 18 heavy (non-hydrogen) atoms. The molecule has 2 aromatic rings. The monoisotopic (exact) mass is 257 g/mol. The van der Waals surface area contributed by atoms with Gasteiger partial charge >= 0.3 is 0 Å². The Morgan fingerprint density at radius 1 is 1.11 bits per heavy atom. The van der Waals surface area contributed by atoms with Crippen LogP contribution in [0.15, 0.2) is 48.5 Å². The predicted octanol–water partition coefficient (Wildman–Crippen LogP) is 3.68. The minimum absolute atomic E-state index is 0.343. The molecular formula is C15H15NOS. The molecule has 0 aliphatic carbocycles. The molecule has 0 saturated carbocycles. The molecule has 0 heterocycles. The Hall–Kier alpha value is -1.87. The first-order valence-electron chi connectivity index (χ1n) is 5.86. The van der Waals surface area contributed by atoms with Gasteiger partial charge in [-0.2, -0.15) is 0 Å². The van der Waals surface area contributed by atoms with E-state index in [0.717, 1.165) is 17.7 Å². The zero-order chi connectivity index (χ0) is 13.0. The Labute approximate surface area is 112 Å². The van der Waals surface area contributed by atoms with Gasteiger partial charge in [0.25, 0.3) is 0 Å². The van der Waals surface area contributed by atoms with Crippen molar-refractivity contribution in [1.29, 1.82) is 0 Å². The highest BCUT2D eigenvalue weighted by molar-refractivity contribution is 7.80. The average molecular weight is 257 g/mol. The fourth-order valence-electron chi connectivity index (χ4n) is 1.68. The van der Waals surface area contributed by atoms with Crippen molar-refractivity contribution in [3.05, 3.63) is 59.7 Å². The Morgan fingerprint density at radius 3 is 2.39 bits per heavy atom. The van der Waals surface area contributed by atoms with Crippen molar-refractivity contribution < 1.29 is 4.74 Å². The molecule has 0 atom stereocenters. The molecule has 0 amide bonds. The molecule has 0 radical (unpaired) electrons. The summed E-state index contributed by atoms with van der Waals surface area (Å²) >= 11 is 5.00. The van der Waals surface area contributed by atoms with Gasteiger partial charge in [0.05, 0.1) is 5.56 Å². The van der Waals surface area contributed by atoms with E-state index in [1.807, 2.05) is 36.4 Å². The largest absolute Gasteiger partial charge is 0.457 e. The average Bonchev–Trinajstić information content (AvgIpc) is 2.40. The lowest BCUT2D eigenvalue weighted by molar-refractivity contribution is 0.481. The molecule has 2 aromatic carbocycles. The molecule has 0 spiro atoms. The number of para-hydroxylation sites is 1. The Balaban J connectivity index is 2.25. The zero-order valence-electron chi connectivity index (χ0n) is 10.2. The van der Waals surface area contributed by atoms with Crippen molar-refractivity contribution in [3.63, 3.8) is 0 Å². The van der Waals surface area contributed by atoms with Gasteiger partial charge in [-0.15, -0.1) is 0 Å². The van der Waals surface area contributed by atoms with E-state index in [9.17, 15) is 0 Å². The van der Waals surface area contributed by atoms with Crippen LogP contribution < -0.4 is 10.5 Å². The van der Waals surface area contributed by atoms with Crippen LogP contribution in [0.4, 0.5) is 0 Å². The number of hydrogen-bond acceptors (Lipinski definition) is 2. The van der Waals surface area contributed by atoms with Crippen molar-refractivity contribution in [3.8, 4) is 11.5 Å². The number of nitrogens with two attached hydrogens (primary N) is 1. The first-order valence-corrected chi connectivity index (χ1v) is 6.27. The fourth-order valence-corrected chi connectivity index (χ4v) is 1.85. The molecule has 92 valence electrons. The fraction of sp³-hybridized carbons (Fsp3) is 0.133. The summed E-state index contributed by atoms with van der Waals surface area (Å²) in [6.07, 6.45) is 1.02. The summed E-state index contributed by atoms with van der Waals surface area (Å²) in [7, 11) is 0. The van der Waals surface area contributed by atoms with Crippen LogP contribution in [0.2, 0.25) is 0 Å². The molecule has 3 heteroatoms. The molecule has 0 unspecified atom stereocenters. The van der Waals surface area contributed by atoms with Crippen LogP contribution in [0.25, 0.3) is 0 Å². The van der Waals surface area contributed by atoms with Crippen molar-refractivity contribution in [2.24, 2.45) is 5.73 Å². The van der Waals surface area contributed by atoms with E-state index in [2.05, 4.69) is 19.1 Å². The van der Waals surface area contributed by atoms with Gasteiger partial charge in [-0.1, -0.05) is 43.4 Å². The molecule has 2 rings (SSSR count). The topological polar surface area (TPSA) is 35.2 Å². The molecule has 0 aliphatic rings. The highest BCUT2D eigenvalue weighted by Gasteiger charge is 2.06. The van der Waals surface area contributed by atoms with Gasteiger partial charge in [0.1, 0.15) is 16.5 Å². The van der Waals surface area contributed by atoms with Crippen molar-refractivity contribution in [2.45, 2.75) is 13.3 Å². The van der Waals surface area contributed by atoms with Crippen LogP contribution in [0, 0.1) is 0 Å². The Morgan fingerprint density at radius 2 is 1.78 bits per heavy atom. The Bertz CT molecular complexity index is 549. The summed E-state index contributed by atoms with van der Waals surface area (Å²) in [5, 5.41) is 0. The van der Waals surface area contributed by atoms with Gasteiger partial charge in [0, 0.05) is 0 Å². The van der Waals surface area contributed by atoms with Gasteiger partial charge in [0.15, 0.2) is 0 Å². The number of ether oxygens (including phenoxy) is 1. The van der Waals surface area contributed by atoms with Gasteiger partial charge in [0.2, 0.25) is 0 Å². The molecule has 0 saturated heterocycles. The van der Waals surface area contributed by atoms with Gasteiger partial charge in [-0.3, -0.25) is 0 Å². The van der Waals surface area contributed by atoms with Gasteiger partial charge < -0.3 is 10.5 Å². The molecule has 0 fully saturated rings. The third-order valence-corrected chi connectivity index (χ3v) is 2.93. The summed E-state index contributed by atoms with van der Waals surface area (Å²) < 4.78 is 5.80. The maximum Gasteiger partial charge on any atom is 0.137 e. The van der Waals surface area contributed by atoms with E-state index in [-0.39, 0.29) is 0 Å². The molecular weight excluding hydrogens is 242 g/mol. The van der Waals surface area contributed by atoms with Crippen molar-refractivity contribution in [2.75, 3.05) is 0 Å². The van der Waals surface area contributed by atoms with E-state index >= 15 is 0 Å². The molecule has 0 aromatic heterocycles. The highest BCUT2D eigenvalue weighted by atomic mass is 32.1. The SMILES string of the molecule is CCc1ccc(Oc2ccccc2C(N)=S)cc1. The maximum absolute atomic E-state index is 5.80. The van der Waals surface area contributed by atoms with Gasteiger partial charge in [-0.25, -0.2) is 0 Å². The van der Waals surface area contributed by atoms with Gasteiger partial charge in [-0.05, 0) is 36.2 Å². The van der Waals surface area contributed by atoms with E-state index in [4.69, 9.17) is 22.7 Å². The first kappa shape index (κ1) is 12.6. The summed E-state index contributed by atoms with van der Waals surface area (Å²) in [6.45, 7) is 2.12. The predicted molar refractivity (Wildman–Crippen MR) is 78.2 cm³/mol. The summed E-state index contributed by atoms with van der Waals surface area (Å²) in [5.74, 6) is 1.48. The number of rotatable bonds is 4. The quantitative estimate of drug-likeness (QED) is 0.849. The minimum atomic E-state index is 0.343. The van der Waals surface area contributed by atoms with E-state index in [1.165, 1.54) is 5.56 Å². The highest BCUT2D eigenvalue weighted by Crippen LogP contribution is 2.25. The number of hydrogen-bond donors (Lipinski definition) is 1. The van der Waals surface area contributed by atoms with Crippen LogP contribution in [-0.2, 0) is 6.42 Å². The zero-order valence-corrected chi connectivity index (χ0v) is 11.0. The van der Waals surface area contributed by atoms with Crippen molar-refractivity contribution in [1.82, 2.24) is 0 Å². The normalized spacial score (nSPS) is 10.1. The van der Waals surface area contributed by atoms with E-state index in [0.29, 0.717) is 10.7 Å². The lowest BCUT2D eigenvalue weighted by Gasteiger charge is -2.10. The standard InChI is InChI=1S/C15H15NOS/c1-2-11-7-9-12(10-8-11)17-14-6-4-3-5-13(14)15(16)18/h3-10H,2H2,1H3,(H2,16,18). The lowest BCUT2D eigenvalue weighted by Crippen LogP contribution is -2.10. The molecule has 0 bridgehead atoms. The minimum Gasteiger partial charge on any atom is -0.457 e. The molecule has 2 N–H and O–H groups in total. The van der Waals surface area contributed by atoms with E-state index < -0.39 is 0 Å². The second kappa shape index (κ2) is 5.65. The summed E-state index contributed by atoms with van der Waals surface area (Å²) in [6, 6.07) is 15.5. The molecule has 2 nitrogen and oxygen atoms in total. The third-order valence-electron chi connectivity index (χ3n) is 2.71. The number of benzene rings is 2. The third kappa shape index (κ3) is 2.87. The van der Waals surface area contributed by atoms with E-state index in [1.54, 1.807) is 0 Å². The second-order valence-corrected chi connectivity index (χ2v) is 4.40. The van der Waals surface area contributed by atoms with Crippen LogP contribution in [0.3, 0.4) is 0 Å².